The molecule has 1 aliphatic rings. The largest absolute Gasteiger partial charge is 0.387 e. The zero-order chi connectivity index (χ0) is 10.8. The molecule has 2 rings (SSSR count). The first-order chi connectivity index (χ1) is 7.16. The molecule has 15 heavy (non-hydrogen) atoms. The van der Waals surface area contributed by atoms with Crippen molar-refractivity contribution in [2.75, 3.05) is 29.5 Å². The monoisotopic (exact) mass is 246 g/mol. The SMILES string of the molecule is CC(O)c1csc(N2CCS(=O)CC2)n1. The van der Waals surface area contributed by atoms with Crippen LogP contribution in [0.3, 0.4) is 0 Å². The minimum atomic E-state index is -0.651. The average Bonchev–Trinajstić information content (AvgIpc) is 2.68. The molecular weight excluding hydrogens is 232 g/mol. The highest BCUT2D eigenvalue weighted by atomic mass is 32.2. The Kier molecular flexibility index (Phi) is 3.38. The van der Waals surface area contributed by atoms with Gasteiger partial charge < -0.3 is 10.0 Å². The second kappa shape index (κ2) is 4.59. The Bertz CT molecular complexity index is 355. The van der Waals surface area contributed by atoms with Gasteiger partial charge in [-0.2, -0.15) is 0 Å². The van der Waals surface area contributed by atoms with Gasteiger partial charge >= 0.3 is 0 Å². The Morgan fingerprint density at radius 2 is 2.27 bits per heavy atom. The molecule has 1 aromatic heterocycles. The molecule has 6 heteroatoms. The van der Waals surface area contributed by atoms with Crippen LogP contribution in [0.15, 0.2) is 5.38 Å². The molecule has 1 saturated heterocycles. The van der Waals surface area contributed by atoms with Crippen molar-refractivity contribution < 1.29 is 9.32 Å². The van der Waals surface area contributed by atoms with Crippen molar-refractivity contribution in [2.24, 2.45) is 0 Å². The van der Waals surface area contributed by atoms with E-state index < -0.39 is 16.9 Å². The summed E-state index contributed by atoms with van der Waals surface area (Å²) < 4.78 is 11.2. The van der Waals surface area contributed by atoms with Crippen LogP contribution in [-0.2, 0) is 10.8 Å². The van der Waals surface area contributed by atoms with E-state index in [9.17, 15) is 9.32 Å². The van der Waals surface area contributed by atoms with E-state index in [1.165, 1.54) is 0 Å². The molecule has 2 heterocycles. The number of thiazole rings is 1. The molecule has 1 atom stereocenters. The Labute approximate surface area is 95.4 Å². The van der Waals surface area contributed by atoms with E-state index >= 15 is 0 Å². The maximum absolute atomic E-state index is 11.2. The highest BCUT2D eigenvalue weighted by Gasteiger charge is 2.18. The summed E-state index contributed by atoms with van der Waals surface area (Å²) in [5.41, 5.74) is 0.724. The molecule has 0 radical (unpaired) electrons. The number of nitrogens with zero attached hydrogens (tertiary/aromatic N) is 2. The van der Waals surface area contributed by atoms with Crippen molar-refractivity contribution in [1.82, 2.24) is 4.98 Å². The Balaban J connectivity index is 2.06. The second-order valence-corrected chi connectivity index (χ2v) is 6.10. The lowest BCUT2D eigenvalue weighted by Gasteiger charge is -2.25. The van der Waals surface area contributed by atoms with Gasteiger partial charge in [0.1, 0.15) is 0 Å². The molecule has 1 aromatic rings. The van der Waals surface area contributed by atoms with Crippen LogP contribution < -0.4 is 4.90 Å². The fourth-order valence-corrected chi connectivity index (χ4v) is 3.46. The number of aliphatic hydroxyl groups excluding tert-OH is 1. The van der Waals surface area contributed by atoms with Gasteiger partial charge in [0.2, 0.25) is 0 Å². The molecule has 0 saturated carbocycles. The quantitative estimate of drug-likeness (QED) is 0.837. The summed E-state index contributed by atoms with van der Waals surface area (Å²) in [6.45, 7) is 3.32. The number of rotatable bonds is 2. The van der Waals surface area contributed by atoms with Crippen molar-refractivity contribution in [3.05, 3.63) is 11.1 Å². The van der Waals surface area contributed by atoms with Crippen LogP contribution in [0.1, 0.15) is 18.7 Å². The summed E-state index contributed by atoms with van der Waals surface area (Å²) >= 11 is 1.54. The maximum Gasteiger partial charge on any atom is 0.185 e. The molecule has 0 bridgehead atoms. The lowest BCUT2D eigenvalue weighted by atomic mass is 10.3. The van der Waals surface area contributed by atoms with E-state index in [0.29, 0.717) is 0 Å². The highest BCUT2D eigenvalue weighted by Crippen LogP contribution is 2.24. The summed E-state index contributed by atoms with van der Waals surface area (Å²) in [6.07, 6.45) is -0.506. The molecule has 84 valence electrons. The lowest BCUT2D eigenvalue weighted by Crippen LogP contribution is -2.37. The summed E-state index contributed by atoms with van der Waals surface area (Å²) in [6, 6.07) is 0. The summed E-state index contributed by atoms with van der Waals surface area (Å²) in [7, 11) is -0.651. The van der Waals surface area contributed by atoms with Crippen molar-refractivity contribution in [3.63, 3.8) is 0 Å². The standard InChI is InChI=1S/C9H14N2O2S2/c1-7(12)8-6-14-9(10-8)11-2-4-15(13)5-3-11/h6-7,12H,2-5H2,1H3. The third-order valence-corrected chi connectivity index (χ3v) is 4.58. The highest BCUT2D eigenvalue weighted by molar-refractivity contribution is 7.85. The van der Waals surface area contributed by atoms with Gasteiger partial charge in [-0.1, -0.05) is 0 Å². The fourth-order valence-electron chi connectivity index (χ4n) is 1.44. The van der Waals surface area contributed by atoms with Gasteiger partial charge in [-0.05, 0) is 6.92 Å². The van der Waals surface area contributed by atoms with Crippen molar-refractivity contribution in [1.29, 1.82) is 0 Å². The van der Waals surface area contributed by atoms with Gasteiger partial charge in [-0.25, -0.2) is 4.98 Å². The maximum atomic E-state index is 11.2. The van der Waals surface area contributed by atoms with Crippen LogP contribution in [0, 0.1) is 0 Å². The lowest BCUT2D eigenvalue weighted by molar-refractivity contribution is 0.195. The summed E-state index contributed by atoms with van der Waals surface area (Å²) in [5.74, 6) is 1.45. The molecule has 0 spiro atoms. The van der Waals surface area contributed by atoms with E-state index in [2.05, 4.69) is 9.88 Å². The van der Waals surface area contributed by atoms with Crippen LogP contribution in [0.2, 0.25) is 0 Å². The number of hydrogen-bond donors (Lipinski definition) is 1. The fraction of sp³-hybridized carbons (Fsp3) is 0.667. The molecule has 1 N–H and O–H groups in total. The van der Waals surface area contributed by atoms with Gasteiger partial charge in [0, 0.05) is 40.8 Å². The van der Waals surface area contributed by atoms with E-state index in [4.69, 9.17) is 0 Å². The van der Waals surface area contributed by atoms with Crippen LogP contribution in [-0.4, -0.2) is 38.9 Å². The van der Waals surface area contributed by atoms with Gasteiger partial charge in [-0.3, -0.25) is 4.21 Å². The number of aliphatic hydroxyl groups is 1. The van der Waals surface area contributed by atoms with Crippen LogP contribution in [0.4, 0.5) is 5.13 Å². The molecule has 0 aromatic carbocycles. The van der Waals surface area contributed by atoms with E-state index in [1.807, 2.05) is 5.38 Å². The number of anilines is 1. The smallest absolute Gasteiger partial charge is 0.185 e. The molecule has 1 fully saturated rings. The minimum absolute atomic E-state index is 0.506. The molecule has 0 aliphatic carbocycles. The average molecular weight is 246 g/mol. The topological polar surface area (TPSA) is 53.4 Å². The zero-order valence-electron chi connectivity index (χ0n) is 8.55. The van der Waals surface area contributed by atoms with E-state index in [0.717, 1.165) is 35.4 Å². The van der Waals surface area contributed by atoms with E-state index in [-0.39, 0.29) is 0 Å². The van der Waals surface area contributed by atoms with Crippen molar-refractivity contribution in [3.8, 4) is 0 Å². The Morgan fingerprint density at radius 1 is 1.60 bits per heavy atom. The van der Waals surface area contributed by atoms with E-state index in [1.54, 1.807) is 18.3 Å². The molecular formula is C9H14N2O2S2. The zero-order valence-corrected chi connectivity index (χ0v) is 10.2. The van der Waals surface area contributed by atoms with Gasteiger partial charge in [0.15, 0.2) is 5.13 Å². The van der Waals surface area contributed by atoms with Crippen molar-refractivity contribution >= 4 is 27.3 Å². The number of aromatic nitrogens is 1. The second-order valence-electron chi connectivity index (χ2n) is 3.57. The molecule has 1 unspecified atom stereocenters. The molecule has 1 aliphatic heterocycles. The first-order valence-corrected chi connectivity index (χ1v) is 7.27. The predicted molar refractivity (Wildman–Crippen MR) is 62.8 cm³/mol. The van der Waals surface area contributed by atoms with Gasteiger partial charge in [0.25, 0.3) is 0 Å². The van der Waals surface area contributed by atoms with Crippen LogP contribution in [0.5, 0.6) is 0 Å². The molecule has 4 nitrogen and oxygen atoms in total. The van der Waals surface area contributed by atoms with Crippen molar-refractivity contribution in [2.45, 2.75) is 13.0 Å². The molecule has 0 amide bonds. The van der Waals surface area contributed by atoms with Crippen LogP contribution in [0.25, 0.3) is 0 Å². The van der Waals surface area contributed by atoms with Gasteiger partial charge in [-0.15, -0.1) is 11.3 Å². The van der Waals surface area contributed by atoms with Crippen LogP contribution >= 0.6 is 11.3 Å². The minimum Gasteiger partial charge on any atom is -0.387 e. The summed E-state index contributed by atoms with van der Waals surface area (Å²) in [5, 5.41) is 12.2. The first kappa shape index (κ1) is 11.0. The third-order valence-electron chi connectivity index (χ3n) is 2.39. The number of hydrogen-bond acceptors (Lipinski definition) is 5. The third kappa shape index (κ3) is 2.56. The predicted octanol–water partition coefficient (Wildman–Crippen LogP) is 0.765. The van der Waals surface area contributed by atoms with Gasteiger partial charge in [0.05, 0.1) is 11.8 Å². The Morgan fingerprint density at radius 3 is 2.80 bits per heavy atom. The Hall–Kier alpha value is -0.460. The summed E-state index contributed by atoms with van der Waals surface area (Å²) in [4.78, 5) is 6.49. The first-order valence-electron chi connectivity index (χ1n) is 4.90. The normalized spacial score (nSPS) is 20.5.